The first-order valence-electron chi connectivity index (χ1n) is 7.61. The zero-order valence-corrected chi connectivity index (χ0v) is 15.0. The summed E-state index contributed by atoms with van der Waals surface area (Å²) in [7, 11) is 0. The van der Waals surface area contributed by atoms with E-state index in [1.54, 1.807) is 0 Å². The summed E-state index contributed by atoms with van der Waals surface area (Å²) >= 11 is 1.82. The van der Waals surface area contributed by atoms with Gasteiger partial charge in [-0.1, -0.05) is 29.8 Å². The summed E-state index contributed by atoms with van der Waals surface area (Å²) in [4.78, 5) is 8.50. The number of rotatable bonds is 3. The summed E-state index contributed by atoms with van der Waals surface area (Å²) in [5, 5.41) is 4.66. The monoisotopic (exact) mass is 337 g/mol. The number of thiazole rings is 1. The lowest BCUT2D eigenvalue weighted by Gasteiger charge is -2.37. The van der Waals surface area contributed by atoms with E-state index in [4.69, 9.17) is 0 Å². The maximum absolute atomic E-state index is 4.60. The van der Waals surface area contributed by atoms with E-state index in [0.29, 0.717) is 12.1 Å². The Labute approximate surface area is 143 Å². The van der Waals surface area contributed by atoms with E-state index < -0.39 is 0 Å². The maximum Gasteiger partial charge on any atom is 0.123 e. The molecular weight excluding hydrogens is 314 g/mol. The van der Waals surface area contributed by atoms with Gasteiger partial charge in [-0.3, -0.25) is 4.90 Å². The van der Waals surface area contributed by atoms with Gasteiger partial charge in [0.2, 0.25) is 0 Å². The van der Waals surface area contributed by atoms with Gasteiger partial charge in [0.25, 0.3) is 0 Å². The molecule has 2 unspecified atom stereocenters. The second-order valence-electron chi connectivity index (χ2n) is 6.09. The Morgan fingerprint density at radius 2 is 2.00 bits per heavy atom. The summed E-state index contributed by atoms with van der Waals surface area (Å²) in [6.07, 6.45) is 2.04. The number of halogens is 1. The number of hydrogen-bond donors (Lipinski definition) is 1. The first kappa shape index (κ1) is 17.4. The minimum absolute atomic E-state index is 0. The van der Waals surface area contributed by atoms with Crippen LogP contribution >= 0.6 is 23.7 Å². The second kappa shape index (κ2) is 7.55. The van der Waals surface area contributed by atoms with Crippen LogP contribution in [0.2, 0.25) is 0 Å². The Morgan fingerprint density at radius 1 is 1.27 bits per heavy atom. The van der Waals surface area contributed by atoms with Crippen LogP contribution in [0.5, 0.6) is 0 Å². The molecule has 1 saturated heterocycles. The van der Waals surface area contributed by atoms with Gasteiger partial charge < -0.3 is 5.32 Å². The molecule has 2 atom stereocenters. The number of benzene rings is 1. The zero-order chi connectivity index (χ0) is 14.8. The van der Waals surface area contributed by atoms with Crippen LogP contribution in [0.25, 0.3) is 10.6 Å². The lowest BCUT2D eigenvalue weighted by atomic mass is 10.1. The Bertz CT molecular complexity index is 596. The van der Waals surface area contributed by atoms with E-state index in [2.05, 4.69) is 60.2 Å². The van der Waals surface area contributed by atoms with Crippen molar-refractivity contribution in [1.82, 2.24) is 15.2 Å². The van der Waals surface area contributed by atoms with Crippen LogP contribution in [0.4, 0.5) is 0 Å². The minimum Gasteiger partial charge on any atom is -0.311 e. The number of piperazine rings is 1. The van der Waals surface area contributed by atoms with Crippen LogP contribution in [0, 0.1) is 6.92 Å². The maximum atomic E-state index is 4.60. The molecule has 0 saturated carbocycles. The van der Waals surface area contributed by atoms with E-state index in [-0.39, 0.29) is 12.4 Å². The van der Waals surface area contributed by atoms with Gasteiger partial charge >= 0.3 is 0 Å². The predicted molar refractivity (Wildman–Crippen MR) is 96.9 cm³/mol. The molecule has 0 bridgehead atoms. The van der Waals surface area contributed by atoms with Gasteiger partial charge in [-0.25, -0.2) is 4.98 Å². The van der Waals surface area contributed by atoms with E-state index in [1.165, 1.54) is 16.0 Å². The minimum atomic E-state index is 0. The Kier molecular flexibility index (Phi) is 5.98. The van der Waals surface area contributed by atoms with E-state index in [0.717, 1.165) is 24.6 Å². The summed E-state index contributed by atoms with van der Waals surface area (Å²) < 4.78 is 0. The molecule has 22 heavy (non-hydrogen) atoms. The molecule has 1 aromatic carbocycles. The van der Waals surface area contributed by atoms with Crippen molar-refractivity contribution >= 4 is 23.7 Å². The van der Waals surface area contributed by atoms with Gasteiger partial charge in [-0.05, 0) is 20.8 Å². The molecule has 120 valence electrons. The summed E-state index contributed by atoms with van der Waals surface area (Å²) in [5.74, 6) is 0. The van der Waals surface area contributed by atoms with Gasteiger partial charge in [0.15, 0.2) is 0 Å². The largest absolute Gasteiger partial charge is 0.311 e. The fourth-order valence-corrected chi connectivity index (χ4v) is 3.67. The average molecular weight is 338 g/mol. The lowest BCUT2D eigenvalue weighted by molar-refractivity contribution is 0.140. The van der Waals surface area contributed by atoms with Crippen LogP contribution in [0.15, 0.2) is 30.5 Å². The molecule has 3 rings (SSSR count). The molecule has 1 aromatic heterocycles. The molecule has 2 heterocycles. The molecule has 1 fully saturated rings. The van der Waals surface area contributed by atoms with Gasteiger partial charge in [0.1, 0.15) is 5.01 Å². The van der Waals surface area contributed by atoms with Crippen LogP contribution in [0.1, 0.15) is 24.3 Å². The Hall–Kier alpha value is -0.940. The first-order chi connectivity index (χ1) is 10.1. The quantitative estimate of drug-likeness (QED) is 0.925. The van der Waals surface area contributed by atoms with Crippen molar-refractivity contribution < 1.29 is 0 Å². The van der Waals surface area contributed by atoms with Gasteiger partial charge in [-0.15, -0.1) is 23.7 Å². The van der Waals surface area contributed by atoms with Crippen LogP contribution in [-0.4, -0.2) is 35.1 Å². The summed E-state index contributed by atoms with van der Waals surface area (Å²) in [5.41, 5.74) is 2.51. The average Bonchev–Trinajstić information content (AvgIpc) is 2.92. The summed E-state index contributed by atoms with van der Waals surface area (Å²) in [6, 6.07) is 9.78. The predicted octanol–water partition coefficient (Wildman–Crippen LogP) is 3.72. The molecule has 3 nitrogen and oxygen atoms in total. The van der Waals surface area contributed by atoms with Crippen molar-refractivity contribution in [2.45, 2.75) is 39.4 Å². The first-order valence-corrected chi connectivity index (χ1v) is 8.42. The third-order valence-electron chi connectivity index (χ3n) is 4.10. The SMILES string of the molecule is Cc1ccc(-c2ncc(CN3CC(C)NCC3C)s2)cc1.Cl. The van der Waals surface area contributed by atoms with Gasteiger partial charge in [0, 0.05) is 48.4 Å². The number of aryl methyl sites for hydroxylation is 1. The number of nitrogens with zero attached hydrogens (tertiary/aromatic N) is 2. The van der Waals surface area contributed by atoms with Crippen molar-refractivity contribution in [2.75, 3.05) is 13.1 Å². The fraction of sp³-hybridized carbons (Fsp3) is 0.471. The fourth-order valence-electron chi connectivity index (χ4n) is 2.73. The molecule has 0 spiro atoms. The standard InChI is InChI=1S/C17H23N3S.ClH/c1-12-4-6-15(7-5-12)17-19-9-16(21-17)11-20-10-13(2)18-8-14(20)3;/h4-7,9,13-14,18H,8,10-11H2,1-3H3;1H. The van der Waals surface area contributed by atoms with Crippen molar-refractivity contribution in [3.8, 4) is 10.6 Å². The molecule has 0 radical (unpaired) electrons. The normalized spacial score (nSPS) is 22.3. The van der Waals surface area contributed by atoms with Crippen LogP contribution in [0.3, 0.4) is 0 Å². The summed E-state index contributed by atoms with van der Waals surface area (Å²) in [6.45, 7) is 9.86. The number of aromatic nitrogens is 1. The zero-order valence-electron chi connectivity index (χ0n) is 13.4. The van der Waals surface area contributed by atoms with E-state index >= 15 is 0 Å². The van der Waals surface area contributed by atoms with Crippen molar-refractivity contribution in [3.63, 3.8) is 0 Å². The third kappa shape index (κ3) is 4.07. The van der Waals surface area contributed by atoms with Crippen molar-refractivity contribution in [3.05, 3.63) is 40.9 Å². The highest BCUT2D eigenvalue weighted by atomic mass is 35.5. The second-order valence-corrected chi connectivity index (χ2v) is 7.20. The van der Waals surface area contributed by atoms with Crippen LogP contribution < -0.4 is 5.32 Å². The molecule has 5 heteroatoms. The van der Waals surface area contributed by atoms with E-state index in [1.807, 2.05) is 17.5 Å². The molecule has 0 aliphatic carbocycles. The Balaban J connectivity index is 0.00000176. The molecule has 0 amide bonds. The highest BCUT2D eigenvalue weighted by Crippen LogP contribution is 2.26. The van der Waals surface area contributed by atoms with Crippen molar-refractivity contribution in [1.29, 1.82) is 0 Å². The molecule has 2 aromatic rings. The molecule has 1 aliphatic rings. The topological polar surface area (TPSA) is 28.2 Å². The van der Waals surface area contributed by atoms with Gasteiger partial charge in [-0.2, -0.15) is 0 Å². The Morgan fingerprint density at radius 3 is 2.73 bits per heavy atom. The third-order valence-corrected chi connectivity index (χ3v) is 5.14. The van der Waals surface area contributed by atoms with Crippen molar-refractivity contribution in [2.24, 2.45) is 0 Å². The van der Waals surface area contributed by atoms with Gasteiger partial charge in [0.05, 0.1) is 0 Å². The smallest absolute Gasteiger partial charge is 0.123 e. The number of nitrogens with one attached hydrogen (secondary N) is 1. The highest BCUT2D eigenvalue weighted by Gasteiger charge is 2.22. The molecular formula is C17H24ClN3S. The highest BCUT2D eigenvalue weighted by molar-refractivity contribution is 7.15. The number of hydrogen-bond acceptors (Lipinski definition) is 4. The van der Waals surface area contributed by atoms with Crippen LogP contribution in [-0.2, 0) is 6.54 Å². The van der Waals surface area contributed by atoms with E-state index in [9.17, 15) is 0 Å². The molecule has 1 aliphatic heterocycles. The lowest BCUT2D eigenvalue weighted by Crippen LogP contribution is -2.53. The molecule has 1 N–H and O–H groups in total.